The Morgan fingerprint density at radius 3 is 3.17 bits per heavy atom. The largest absolute Gasteiger partial charge is 0.454 e. The number of nitrogens with zero attached hydrogens (tertiary/aromatic N) is 1. The topological polar surface area (TPSA) is 59.9 Å². The number of benzene rings is 1. The summed E-state index contributed by atoms with van der Waals surface area (Å²) in [6.07, 6.45) is 4.81. The maximum atomic E-state index is 12.4. The average molecular weight is 342 g/mol. The van der Waals surface area contributed by atoms with Crippen LogP contribution in [0.4, 0.5) is 0 Å². The second-order valence-electron chi connectivity index (χ2n) is 6.21. The standard InChI is InChI=1S/C18H18N2O3S/c1-11-2-4-13-14(9-24-17(13)6-11)18(21)20-19-8-12-3-5-15-16(7-12)23-10-22-15/h3,5,7-9,11H,2,4,6,10H2,1H3,(H,20,21)/t11-/m0/s1. The van der Waals surface area contributed by atoms with Gasteiger partial charge in [-0.3, -0.25) is 4.79 Å². The Hall–Kier alpha value is -2.34. The van der Waals surface area contributed by atoms with Crippen LogP contribution in [0.15, 0.2) is 28.7 Å². The van der Waals surface area contributed by atoms with Crippen LogP contribution in [0.25, 0.3) is 0 Å². The predicted molar refractivity (Wildman–Crippen MR) is 93.1 cm³/mol. The fourth-order valence-electron chi connectivity index (χ4n) is 3.09. The summed E-state index contributed by atoms with van der Waals surface area (Å²) in [5.74, 6) is 2.00. The fraction of sp³-hybridized carbons (Fsp3) is 0.333. The molecular weight excluding hydrogens is 324 g/mol. The summed E-state index contributed by atoms with van der Waals surface area (Å²) in [7, 11) is 0. The number of hydrazone groups is 1. The van der Waals surface area contributed by atoms with E-state index in [1.54, 1.807) is 17.6 Å². The minimum Gasteiger partial charge on any atom is -0.454 e. The zero-order valence-electron chi connectivity index (χ0n) is 13.4. The van der Waals surface area contributed by atoms with Crippen LogP contribution in [0.2, 0.25) is 0 Å². The second-order valence-corrected chi connectivity index (χ2v) is 7.18. The van der Waals surface area contributed by atoms with Gasteiger partial charge in [-0.25, -0.2) is 5.43 Å². The van der Waals surface area contributed by atoms with Crippen molar-refractivity contribution in [3.63, 3.8) is 0 Å². The van der Waals surface area contributed by atoms with E-state index < -0.39 is 0 Å². The zero-order chi connectivity index (χ0) is 16.5. The molecule has 0 unspecified atom stereocenters. The third-order valence-corrected chi connectivity index (χ3v) is 5.47. The van der Waals surface area contributed by atoms with Crippen LogP contribution < -0.4 is 14.9 Å². The molecule has 1 aromatic carbocycles. The lowest BCUT2D eigenvalue weighted by atomic mass is 9.88. The molecule has 4 rings (SSSR count). The van der Waals surface area contributed by atoms with Gasteiger partial charge in [0.25, 0.3) is 5.91 Å². The van der Waals surface area contributed by atoms with Crippen LogP contribution >= 0.6 is 11.3 Å². The first-order valence-corrected chi connectivity index (χ1v) is 8.91. The van der Waals surface area contributed by atoms with Gasteiger partial charge in [-0.2, -0.15) is 5.10 Å². The lowest BCUT2D eigenvalue weighted by Gasteiger charge is -2.18. The molecule has 0 fully saturated rings. The molecular formula is C18H18N2O3S. The maximum Gasteiger partial charge on any atom is 0.272 e. The third-order valence-electron chi connectivity index (χ3n) is 4.42. The predicted octanol–water partition coefficient (Wildman–Crippen LogP) is 3.37. The van der Waals surface area contributed by atoms with Crippen LogP contribution in [0, 0.1) is 5.92 Å². The summed E-state index contributed by atoms with van der Waals surface area (Å²) >= 11 is 1.68. The zero-order valence-corrected chi connectivity index (χ0v) is 14.2. The number of hydrogen-bond acceptors (Lipinski definition) is 5. The van der Waals surface area contributed by atoms with Gasteiger partial charge in [0.05, 0.1) is 11.8 Å². The summed E-state index contributed by atoms with van der Waals surface area (Å²) < 4.78 is 10.6. The molecule has 6 heteroatoms. The summed E-state index contributed by atoms with van der Waals surface area (Å²) in [6, 6.07) is 5.55. The summed E-state index contributed by atoms with van der Waals surface area (Å²) in [4.78, 5) is 13.7. The Kier molecular flexibility index (Phi) is 3.98. The van der Waals surface area contributed by atoms with E-state index in [9.17, 15) is 4.79 Å². The smallest absolute Gasteiger partial charge is 0.272 e. The molecule has 0 saturated carbocycles. The number of rotatable bonds is 3. The molecule has 0 bridgehead atoms. The second kappa shape index (κ2) is 6.28. The van der Waals surface area contributed by atoms with E-state index in [4.69, 9.17) is 9.47 Å². The highest BCUT2D eigenvalue weighted by Crippen LogP contribution is 2.33. The van der Waals surface area contributed by atoms with Gasteiger partial charge >= 0.3 is 0 Å². The van der Waals surface area contributed by atoms with E-state index in [1.807, 2.05) is 23.6 Å². The molecule has 1 amide bonds. The first-order chi connectivity index (χ1) is 11.7. The molecule has 0 radical (unpaired) electrons. The minimum atomic E-state index is -0.140. The van der Waals surface area contributed by atoms with Crippen molar-refractivity contribution in [2.24, 2.45) is 11.0 Å². The van der Waals surface area contributed by atoms with Crippen molar-refractivity contribution in [2.75, 3.05) is 6.79 Å². The molecule has 24 heavy (non-hydrogen) atoms. The van der Waals surface area contributed by atoms with E-state index in [1.165, 1.54) is 10.4 Å². The molecule has 1 aliphatic heterocycles. The van der Waals surface area contributed by atoms with E-state index in [0.717, 1.165) is 36.1 Å². The van der Waals surface area contributed by atoms with Crippen LogP contribution in [-0.4, -0.2) is 18.9 Å². The molecule has 2 aliphatic rings. The first kappa shape index (κ1) is 15.2. The first-order valence-electron chi connectivity index (χ1n) is 8.03. The quantitative estimate of drug-likeness (QED) is 0.687. The highest BCUT2D eigenvalue weighted by Gasteiger charge is 2.23. The highest BCUT2D eigenvalue weighted by atomic mass is 32.1. The maximum absolute atomic E-state index is 12.4. The minimum absolute atomic E-state index is 0.140. The van der Waals surface area contributed by atoms with E-state index in [0.29, 0.717) is 11.7 Å². The number of ether oxygens (including phenoxy) is 2. The number of amides is 1. The Labute approximate surface area is 144 Å². The molecule has 1 N–H and O–H groups in total. The Balaban J connectivity index is 1.43. The third kappa shape index (κ3) is 2.89. The lowest BCUT2D eigenvalue weighted by Crippen LogP contribution is -2.20. The van der Waals surface area contributed by atoms with Crippen molar-refractivity contribution in [3.05, 3.63) is 45.1 Å². The summed E-state index contributed by atoms with van der Waals surface area (Å²) in [6.45, 7) is 2.51. The van der Waals surface area contributed by atoms with Gasteiger partial charge in [0.15, 0.2) is 11.5 Å². The van der Waals surface area contributed by atoms with Crippen LogP contribution in [0.5, 0.6) is 11.5 Å². The number of nitrogens with one attached hydrogen (secondary N) is 1. The Morgan fingerprint density at radius 1 is 1.38 bits per heavy atom. The normalized spacial score (nSPS) is 18.6. The Bertz CT molecular complexity index is 813. The van der Waals surface area contributed by atoms with Gasteiger partial charge in [-0.1, -0.05) is 6.92 Å². The van der Waals surface area contributed by atoms with E-state index in [2.05, 4.69) is 17.5 Å². The van der Waals surface area contributed by atoms with Crippen molar-refractivity contribution >= 4 is 23.5 Å². The molecule has 0 saturated heterocycles. The molecule has 124 valence electrons. The van der Waals surface area contributed by atoms with Gasteiger partial charge < -0.3 is 9.47 Å². The summed E-state index contributed by atoms with van der Waals surface area (Å²) in [5, 5.41) is 6.02. The van der Waals surface area contributed by atoms with E-state index in [-0.39, 0.29) is 12.7 Å². The number of hydrogen-bond donors (Lipinski definition) is 1. The molecule has 2 heterocycles. The SMILES string of the molecule is C[C@H]1CCc2c(C(=O)NN=Cc3ccc4c(c3)OCO4)csc2C1. The molecule has 1 aromatic heterocycles. The van der Waals surface area contributed by atoms with Crippen LogP contribution in [0.1, 0.15) is 39.7 Å². The van der Waals surface area contributed by atoms with Gasteiger partial charge in [0, 0.05) is 10.3 Å². The van der Waals surface area contributed by atoms with Crippen molar-refractivity contribution in [1.29, 1.82) is 0 Å². The van der Waals surface area contributed by atoms with Crippen molar-refractivity contribution < 1.29 is 14.3 Å². The molecule has 1 aliphatic carbocycles. The number of fused-ring (bicyclic) bond motifs is 2. The number of carbonyl (C=O) groups is 1. The summed E-state index contributed by atoms with van der Waals surface area (Å²) in [5.41, 5.74) is 5.45. The molecule has 5 nitrogen and oxygen atoms in total. The molecule has 0 spiro atoms. The molecule has 2 aromatic rings. The van der Waals surface area contributed by atoms with Crippen molar-refractivity contribution in [1.82, 2.24) is 5.43 Å². The van der Waals surface area contributed by atoms with Crippen molar-refractivity contribution in [2.45, 2.75) is 26.2 Å². The molecule has 1 atom stereocenters. The van der Waals surface area contributed by atoms with E-state index >= 15 is 0 Å². The lowest BCUT2D eigenvalue weighted by molar-refractivity contribution is 0.0954. The number of carbonyl (C=O) groups excluding carboxylic acids is 1. The Morgan fingerprint density at radius 2 is 2.25 bits per heavy atom. The van der Waals surface area contributed by atoms with Gasteiger partial charge in [-0.05, 0) is 54.5 Å². The fourth-order valence-corrected chi connectivity index (χ4v) is 4.33. The van der Waals surface area contributed by atoms with Crippen LogP contribution in [-0.2, 0) is 12.8 Å². The van der Waals surface area contributed by atoms with Gasteiger partial charge in [0.1, 0.15) is 0 Å². The van der Waals surface area contributed by atoms with Crippen LogP contribution in [0.3, 0.4) is 0 Å². The number of thiophene rings is 1. The highest BCUT2D eigenvalue weighted by molar-refractivity contribution is 7.10. The van der Waals surface area contributed by atoms with Gasteiger partial charge in [0.2, 0.25) is 6.79 Å². The van der Waals surface area contributed by atoms with Gasteiger partial charge in [-0.15, -0.1) is 11.3 Å². The van der Waals surface area contributed by atoms with Crippen molar-refractivity contribution in [3.8, 4) is 11.5 Å². The monoisotopic (exact) mass is 342 g/mol. The average Bonchev–Trinajstić information content (AvgIpc) is 3.20.